The zero-order valence-electron chi connectivity index (χ0n) is 16.1. The van der Waals surface area contributed by atoms with E-state index in [1.54, 1.807) is 0 Å². The lowest BCUT2D eigenvalue weighted by atomic mass is 9.83. The third-order valence-corrected chi connectivity index (χ3v) is 5.39. The van der Waals surface area contributed by atoms with E-state index in [-0.39, 0.29) is 0 Å². The highest BCUT2D eigenvalue weighted by Crippen LogP contribution is 2.40. The molecular formula is C26H26. The van der Waals surface area contributed by atoms with Gasteiger partial charge in [-0.3, -0.25) is 0 Å². The van der Waals surface area contributed by atoms with Gasteiger partial charge in [0.1, 0.15) is 0 Å². The molecule has 0 saturated carbocycles. The minimum Gasteiger partial charge on any atom is -0.0617 e. The molecule has 0 saturated heterocycles. The van der Waals surface area contributed by atoms with Gasteiger partial charge in [0.2, 0.25) is 0 Å². The van der Waals surface area contributed by atoms with Crippen LogP contribution in [0.1, 0.15) is 50.7 Å². The molecule has 26 heavy (non-hydrogen) atoms. The van der Waals surface area contributed by atoms with Crippen molar-refractivity contribution in [3.63, 3.8) is 0 Å². The van der Waals surface area contributed by atoms with Gasteiger partial charge < -0.3 is 0 Å². The third kappa shape index (κ3) is 2.80. The molecule has 0 fully saturated rings. The lowest BCUT2D eigenvalue weighted by Gasteiger charge is -2.21. The molecule has 0 bridgehead atoms. The Labute approximate surface area is 156 Å². The number of hydrogen-bond donors (Lipinski definition) is 0. The number of fused-ring (bicyclic) bond motifs is 2. The molecule has 0 unspecified atom stereocenters. The molecule has 0 radical (unpaired) electrons. The van der Waals surface area contributed by atoms with Gasteiger partial charge >= 0.3 is 0 Å². The first kappa shape index (κ1) is 16.8. The average Bonchev–Trinajstić information content (AvgIpc) is 2.65. The Hall–Kier alpha value is -2.60. The van der Waals surface area contributed by atoms with Gasteiger partial charge in [0.15, 0.2) is 0 Å². The molecule has 0 heteroatoms. The molecule has 0 heterocycles. The monoisotopic (exact) mass is 338 g/mol. The summed E-state index contributed by atoms with van der Waals surface area (Å²) in [6.45, 7) is 9.18. The third-order valence-electron chi connectivity index (χ3n) is 5.39. The topological polar surface area (TPSA) is 0 Å². The predicted molar refractivity (Wildman–Crippen MR) is 115 cm³/mol. The molecule has 0 aliphatic heterocycles. The van der Waals surface area contributed by atoms with Crippen LogP contribution in [0.15, 0.2) is 72.8 Å². The van der Waals surface area contributed by atoms with Crippen molar-refractivity contribution >= 4 is 21.5 Å². The van der Waals surface area contributed by atoms with Crippen LogP contribution in [-0.2, 0) is 0 Å². The van der Waals surface area contributed by atoms with E-state index in [9.17, 15) is 0 Å². The van der Waals surface area contributed by atoms with E-state index in [1.165, 1.54) is 43.8 Å². The van der Waals surface area contributed by atoms with Gasteiger partial charge in [-0.05, 0) is 67.8 Å². The largest absolute Gasteiger partial charge is 0.0617 e. The highest BCUT2D eigenvalue weighted by atomic mass is 14.2. The minimum atomic E-state index is 0.499. The van der Waals surface area contributed by atoms with Crippen molar-refractivity contribution in [3.05, 3.63) is 83.9 Å². The Morgan fingerprint density at radius 2 is 1.08 bits per heavy atom. The molecule has 4 aromatic rings. The molecule has 0 spiro atoms. The van der Waals surface area contributed by atoms with Crippen LogP contribution >= 0.6 is 0 Å². The van der Waals surface area contributed by atoms with Gasteiger partial charge in [0, 0.05) is 0 Å². The molecule has 130 valence electrons. The standard InChI is InChI=1S/C26H26/c1-17(2)22-12-8-13-23(18(3)4)26(22)24-14-7-11-21-15-19-9-5-6-10-20(19)16-25(21)24/h5-18H,1-4H3. The Bertz CT molecular complexity index is 1060. The highest BCUT2D eigenvalue weighted by Gasteiger charge is 2.17. The maximum atomic E-state index is 2.36. The first-order valence-electron chi connectivity index (χ1n) is 9.61. The van der Waals surface area contributed by atoms with E-state index >= 15 is 0 Å². The molecule has 0 aromatic heterocycles. The van der Waals surface area contributed by atoms with Gasteiger partial charge in [0.05, 0.1) is 0 Å². The number of hydrogen-bond acceptors (Lipinski definition) is 0. The zero-order valence-corrected chi connectivity index (χ0v) is 16.1. The van der Waals surface area contributed by atoms with Crippen LogP contribution in [0.5, 0.6) is 0 Å². The summed E-state index contributed by atoms with van der Waals surface area (Å²) in [7, 11) is 0. The molecule has 0 atom stereocenters. The van der Waals surface area contributed by atoms with Crippen molar-refractivity contribution in [1.82, 2.24) is 0 Å². The molecule has 0 amide bonds. The molecule has 0 nitrogen and oxygen atoms in total. The molecular weight excluding hydrogens is 312 g/mol. The van der Waals surface area contributed by atoms with E-state index < -0.39 is 0 Å². The van der Waals surface area contributed by atoms with Gasteiger partial charge in [0.25, 0.3) is 0 Å². The van der Waals surface area contributed by atoms with E-state index in [1.807, 2.05) is 0 Å². The molecule has 0 N–H and O–H groups in total. The van der Waals surface area contributed by atoms with Gasteiger partial charge in [-0.1, -0.05) is 88.4 Å². The number of benzene rings is 4. The van der Waals surface area contributed by atoms with E-state index in [0.717, 1.165) is 0 Å². The quantitative estimate of drug-likeness (QED) is 0.333. The molecule has 0 aliphatic rings. The lowest BCUT2D eigenvalue weighted by Crippen LogP contribution is -2.00. The Morgan fingerprint density at radius 3 is 1.69 bits per heavy atom. The SMILES string of the molecule is CC(C)c1cccc(C(C)C)c1-c1cccc2cc3ccccc3cc12. The second-order valence-electron chi connectivity index (χ2n) is 7.85. The first-order valence-corrected chi connectivity index (χ1v) is 9.61. The van der Waals surface area contributed by atoms with Crippen LogP contribution in [0.3, 0.4) is 0 Å². The Morgan fingerprint density at radius 1 is 0.538 bits per heavy atom. The normalized spacial score (nSPS) is 11.8. The van der Waals surface area contributed by atoms with Gasteiger partial charge in [-0.25, -0.2) is 0 Å². The van der Waals surface area contributed by atoms with Crippen molar-refractivity contribution in [1.29, 1.82) is 0 Å². The molecule has 0 aliphatic carbocycles. The van der Waals surface area contributed by atoms with E-state index in [4.69, 9.17) is 0 Å². The maximum Gasteiger partial charge on any atom is -0.00988 e. The van der Waals surface area contributed by atoms with Gasteiger partial charge in [-0.2, -0.15) is 0 Å². The first-order chi connectivity index (χ1) is 12.6. The van der Waals surface area contributed by atoms with Crippen LogP contribution in [0.4, 0.5) is 0 Å². The van der Waals surface area contributed by atoms with Crippen molar-refractivity contribution in [2.45, 2.75) is 39.5 Å². The fourth-order valence-corrected chi connectivity index (χ4v) is 4.05. The second kappa shape index (κ2) is 6.61. The predicted octanol–water partition coefficient (Wildman–Crippen LogP) is 7.91. The van der Waals surface area contributed by atoms with Crippen molar-refractivity contribution in [2.24, 2.45) is 0 Å². The van der Waals surface area contributed by atoms with Crippen molar-refractivity contribution in [2.75, 3.05) is 0 Å². The summed E-state index contributed by atoms with van der Waals surface area (Å²) in [5.74, 6) is 0.999. The van der Waals surface area contributed by atoms with Gasteiger partial charge in [-0.15, -0.1) is 0 Å². The van der Waals surface area contributed by atoms with E-state index in [2.05, 4.69) is 100 Å². The van der Waals surface area contributed by atoms with Crippen LogP contribution < -0.4 is 0 Å². The average molecular weight is 338 g/mol. The van der Waals surface area contributed by atoms with Crippen LogP contribution in [-0.4, -0.2) is 0 Å². The van der Waals surface area contributed by atoms with Crippen molar-refractivity contribution < 1.29 is 0 Å². The summed E-state index contributed by atoms with van der Waals surface area (Å²) in [5, 5.41) is 5.27. The lowest BCUT2D eigenvalue weighted by molar-refractivity contribution is 0.838. The van der Waals surface area contributed by atoms with Crippen LogP contribution in [0, 0.1) is 0 Å². The maximum absolute atomic E-state index is 2.36. The van der Waals surface area contributed by atoms with Crippen LogP contribution in [0.25, 0.3) is 32.7 Å². The Kier molecular flexibility index (Phi) is 4.28. The molecule has 4 aromatic carbocycles. The number of rotatable bonds is 3. The van der Waals surface area contributed by atoms with Crippen molar-refractivity contribution in [3.8, 4) is 11.1 Å². The Balaban J connectivity index is 2.11. The minimum absolute atomic E-state index is 0.499. The van der Waals surface area contributed by atoms with Crippen LogP contribution in [0.2, 0.25) is 0 Å². The fraction of sp³-hybridized carbons (Fsp3) is 0.231. The zero-order chi connectivity index (χ0) is 18.3. The summed E-state index contributed by atoms with van der Waals surface area (Å²) >= 11 is 0. The highest BCUT2D eigenvalue weighted by molar-refractivity contribution is 6.05. The van der Waals surface area contributed by atoms with E-state index in [0.29, 0.717) is 11.8 Å². The summed E-state index contributed by atoms with van der Waals surface area (Å²) in [5.41, 5.74) is 5.67. The summed E-state index contributed by atoms with van der Waals surface area (Å²) < 4.78 is 0. The smallest absolute Gasteiger partial charge is 0.00988 e. The second-order valence-corrected chi connectivity index (χ2v) is 7.85. The fourth-order valence-electron chi connectivity index (χ4n) is 4.05. The summed E-state index contributed by atoms with van der Waals surface area (Å²) in [6.07, 6.45) is 0. The summed E-state index contributed by atoms with van der Waals surface area (Å²) in [4.78, 5) is 0. The summed E-state index contributed by atoms with van der Waals surface area (Å²) in [6, 6.07) is 26.9. The molecule has 4 rings (SSSR count).